The van der Waals surface area contributed by atoms with E-state index in [1.165, 1.54) is 5.71 Å². The molecule has 76 valence electrons. The van der Waals surface area contributed by atoms with Crippen molar-refractivity contribution in [2.45, 2.75) is 19.3 Å². The summed E-state index contributed by atoms with van der Waals surface area (Å²) >= 11 is 0. The zero-order chi connectivity index (χ0) is 10.1. The summed E-state index contributed by atoms with van der Waals surface area (Å²) in [6.07, 6.45) is 4.88. The fraction of sp³-hybridized carbons (Fsp3) is 0.636. The van der Waals surface area contributed by atoms with Gasteiger partial charge in [0.2, 0.25) is 0 Å². The molecule has 0 unspecified atom stereocenters. The molecule has 0 aromatic heterocycles. The molecule has 2 rings (SSSR count). The normalized spacial score (nSPS) is 20.8. The molecule has 0 aromatic carbocycles. The SMILES string of the molecule is CN(C)CC[N+]1=C2CCCC(=O)C2=C1. The molecule has 0 spiro atoms. The van der Waals surface area contributed by atoms with E-state index < -0.39 is 0 Å². The third-order valence-electron chi connectivity index (χ3n) is 2.85. The first-order chi connectivity index (χ1) is 6.68. The number of likely N-dealkylation sites (N-methyl/N-ethyl adjacent to an activating group) is 1. The summed E-state index contributed by atoms with van der Waals surface area (Å²) in [6, 6.07) is 0. The van der Waals surface area contributed by atoms with Crippen LogP contribution in [0.4, 0.5) is 0 Å². The number of fused-ring (bicyclic) bond motifs is 1. The molecular weight excluding hydrogens is 176 g/mol. The van der Waals surface area contributed by atoms with Crippen molar-refractivity contribution in [3.05, 3.63) is 11.8 Å². The van der Waals surface area contributed by atoms with Crippen molar-refractivity contribution in [1.29, 1.82) is 0 Å². The molecular formula is C11H17N2O+. The predicted molar refractivity (Wildman–Crippen MR) is 55.6 cm³/mol. The largest absolute Gasteiger partial charge is 0.303 e. The highest BCUT2D eigenvalue weighted by atomic mass is 16.1. The third-order valence-corrected chi connectivity index (χ3v) is 2.85. The van der Waals surface area contributed by atoms with Gasteiger partial charge in [0.15, 0.2) is 24.2 Å². The maximum Gasteiger partial charge on any atom is 0.198 e. The Bertz CT molecular complexity index is 326. The predicted octanol–water partition coefficient (Wildman–Crippen LogP) is 0.652. The summed E-state index contributed by atoms with van der Waals surface area (Å²) in [6.45, 7) is 2.06. The molecule has 1 aliphatic carbocycles. The second-order valence-corrected chi connectivity index (χ2v) is 4.26. The molecule has 14 heavy (non-hydrogen) atoms. The number of hydrogen-bond acceptors (Lipinski definition) is 2. The second kappa shape index (κ2) is 3.65. The van der Waals surface area contributed by atoms with Gasteiger partial charge in [-0.3, -0.25) is 4.79 Å². The first-order valence-corrected chi connectivity index (χ1v) is 5.21. The highest BCUT2D eigenvalue weighted by Gasteiger charge is 2.36. The number of rotatable bonds is 3. The number of hydrogen-bond donors (Lipinski definition) is 0. The average molecular weight is 193 g/mol. The number of ketones is 1. The van der Waals surface area contributed by atoms with Crippen LogP contribution in [0.5, 0.6) is 0 Å². The number of nitrogens with zero attached hydrogens (tertiary/aromatic N) is 2. The summed E-state index contributed by atoms with van der Waals surface area (Å²) in [4.78, 5) is 13.6. The van der Waals surface area contributed by atoms with Crippen molar-refractivity contribution in [3.63, 3.8) is 0 Å². The third kappa shape index (κ3) is 1.64. The quantitative estimate of drug-likeness (QED) is 0.614. The first kappa shape index (κ1) is 9.59. The highest BCUT2D eigenvalue weighted by molar-refractivity contribution is 6.23. The van der Waals surface area contributed by atoms with Gasteiger partial charge in [0.25, 0.3) is 0 Å². The molecule has 3 nitrogen and oxygen atoms in total. The van der Waals surface area contributed by atoms with Crippen molar-refractivity contribution in [1.82, 2.24) is 4.90 Å². The van der Waals surface area contributed by atoms with Crippen molar-refractivity contribution in [2.75, 3.05) is 27.2 Å². The van der Waals surface area contributed by atoms with Crippen LogP contribution in [0.25, 0.3) is 0 Å². The molecule has 0 amide bonds. The highest BCUT2D eigenvalue weighted by Crippen LogP contribution is 2.23. The van der Waals surface area contributed by atoms with E-state index in [4.69, 9.17) is 0 Å². The summed E-state index contributed by atoms with van der Waals surface area (Å²) in [5.41, 5.74) is 2.28. The Hall–Kier alpha value is -0.960. The molecule has 1 heterocycles. The lowest BCUT2D eigenvalue weighted by Gasteiger charge is -2.21. The van der Waals surface area contributed by atoms with E-state index in [-0.39, 0.29) is 0 Å². The maximum atomic E-state index is 11.4. The summed E-state index contributed by atoms with van der Waals surface area (Å²) in [5.74, 6) is 0.340. The minimum Gasteiger partial charge on any atom is -0.303 e. The van der Waals surface area contributed by atoms with Gasteiger partial charge in [-0.25, -0.2) is 0 Å². The zero-order valence-electron chi connectivity index (χ0n) is 8.92. The van der Waals surface area contributed by atoms with Crippen LogP contribution in [0.3, 0.4) is 0 Å². The van der Waals surface area contributed by atoms with Crippen LogP contribution in [0, 0.1) is 0 Å². The Morgan fingerprint density at radius 1 is 1.43 bits per heavy atom. The fourth-order valence-corrected chi connectivity index (χ4v) is 1.97. The molecule has 0 aromatic rings. The van der Waals surface area contributed by atoms with E-state index >= 15 is 0 Å². The van der Waals surface area contributed by atoms with E-state index in [0.29, 0.717) is 5.78 Å². The molecule has 0 radical (unpaired) electrons. The molecule has 0 atom stereocenters. The Morgan fingerprint density at radius 2 is 2.21 bits per heavy atom. The molecule has 1 fully saturated rings. The summed E-state index contributed by atoms with van der Waals surface area (Å²) < 4.78 is 2.23. The minimum absolute atomic E-state index is 0.340. The molecule has 1 saturated carbocycles. The van der Waals surface area contributed by atoms with Gasteiger partial charge < -0.3 is 4.90 Å². The number of carbonyl (C=O) groups is 1. The van der Waals surface area contributed by atoms with Crippen LogP contribution in [0.1, 0.15) is 19.3 Å². The van der Waals surface area contributed by atoms with E-state index in [0.717, 1.165) is 37.9 Å². The topological polar surface area (TPSA) is 23.3 Å². The number of allylic oxidation sites excluding steroid dienone is 1. The van der Waals surface area contributed by atoms with E-state index in [2.05, 4.69) is 23.6 Å². The Kier molecular flexibility index (Phi) is 2.50. The van der Waals surface area contributed by atoms with Gasteiger partial charge in [-0.1, -0.05) is 0 Å². The van der Waals surface area contributed by atoms with Gasteiger partial charge in [-0.2, -0.15) is 4.58 Å². The number of carbonyl (C=O) groups excluding carboxylic acids is 1. The van der Waals surface area contributed by atoms with E-state index in [9.17, 15) is 4.79 Å². The van der Waals surface area contributed by atoms with E-state index in [1.54, 1.807) is 0 Å². The van der Waals surface area contributed by atoms with Crippen LogP contribution in [-0.2, 0) is 4.79 Å². The lowest BCUT2D eigenvalue weighted by Crippen LogP contribution is -2.38. The molecule has 2 aliphatic rings. The number of Topliss-reactive ketones (excluding diaryl/α,β-unsaturated/α-hetero) is 1. The van der Waals surface area contributed by atoms with Crippen LogP contribution >= 0.6 is 0 Å². The van der Waals surface area contributed by atoms with Gasteiger partial charge in [0.05, 0.1) is 6.54 Å². The van der Waals surface area contributed by atoms with Crippen molar-refractivity contribution < 1.29 is 9.37 Å². The van der Waals surface area contributed by atoms with Crippen LogP contribution in [0.2, 0.25) is 0 Å². The average Bonchev–Trinajstić information content (AvgIpc) is 2.08. The van der Waals surface area contributed by atoms with Crippen molar-refractivity contribution in [3.8, 4) is 0 Å². The molecule has 3 heteroatoms. The summed E-state index contributed by atoms with van der Waals surface area (Å²) in [7, 11) is 4.14. The lowest BCUT2D eigenvalue weighted by molar-refractivity contribution is -0.470. The van der Waals surface area contributed by atoms with Crippen molar-refractivity contribution >= 4 is 11.5 Å². The monoisotopic (exact) mass is 193 g/mol. The van der Waals surface area contributed by atoms with Gasteiger partial charge in [-0.15, -0.1) is 0 Å². The van der Waals surface area contributed by atoms with Gasteiger partial charge in [0, 0.05) is 12.8 Å². The van der Waals surface area contributed by atoms with Crippen molar-refractivity contribution in [2.24, 2.45) is 0 Å². The Morgan fingerprint density at radius 3 is 2.93 bits per heavy atom. The lowest BCUT2D eigenvalue weighted by atomic mass is 9.88. The standard InChI is InChI=1S/C11H17N2O/c1-12(2)6-7-13-8-9-10(13)4-3-5-11(9)14/h8H,3-7H2,1-2H3/q+1. The molecule has 1 aliphatic heterocycles. The zero-order valence-corrected chi connectivity index (χ0v) is 8.92. The summed E-state index contributed by atoms with van der Waals surface area (Å²) in [5, 5.41) is 0. The van der Waals surface area contributed by atoms with Crippen LogP contribution < -0.4 is 0 Å². The van der Waals surface area contributed by atoms with Gasteiger partial charge in [-0.05, 0) is 20.5 Å². The Labute approximate surface area is 84.7 Å². The van der Waals surface area contributed by atoms with Gasteiger partial charge >= 0.3 is 0 Å². The molecule has 0 bridgehead atoms. The Balaban J connectivity index is 1.96. The minimum atomic E-state index is 0.340. The maximum absolute atomic E-state index is 11.4. The molecule has 0 N–H and O–H groups in total. The second-order valence-electron chi connectivity index (χ2n) is 4.26. The smallest absolute Gasteiger partial charge is 0.198 e. The first-order valence-electron chi connectivity index (χ1n) is 5.21. The van der Waals surface area contributed by atoms with Gasteiger partial charge in [0.1, 0.15) is 5.57 Å². The van der Waals surface area contributed by atoms with E-state index in [1.807, 2.05) is 6.20 Å². The molecule has 0 saturated heterocycles. The van der Waals surface area contributed by atoms with Crippen LogP contribution in [0.15, 0.2) is 11.8 Å². The van der Waals surface area contributed by atoms with Crippen LogP contribution in [-0.4, -0.2) is 48.2 Å². The fourth-order valence-electron chi connectivity index (χ4n) is 1.97.